The van der Waals surface area contributed by atoms with Gasteiger partial charge in [-0.15, -0.1) is 0 Å². The molecule has 0 aromatic heterocycles. The Kier molecular flexibility index (Phi) is 7.93. The minimum absolute atomic E-state index is 0.736. The average molecular weight is 378 g/mol. The molecule has 1 aliphatic heterocycles. The summed E-state index contributed by atoms with van der Waals surface area (Å²) in [6.45, 7) is 3.52. The summed E-state index contributed by atoms with van der Waals surface area (Å²) in [6, 6.07) is 0. The van der Waals surface area contributed by atoms with Crippen molar-refractivity contribution in [1.82, 2.24) is 0 Å². The highest BCUT2D eigenvalue weighted by molar-refractivity contribution is 5.68. The van der Waals surface area contributed by atoms with E-state index in [9.17, 15) is 29.4 Å². The summed E-state index contributed by atoms with van der Waals surface area (Å²) in [6.07, 6.45) is -8.93. The second kappa shape index (κ2) is 9.46. The van der Waals surface area contributed by atoms with Crippen LogP contribution in [-0.4, -0.2) is 77.5 Å². The molecule has 1 rings (SSSR count). The predicted octanol–water partition coefficient (Wildman–Crippen LogP) is -1.58. The average Bonchev–Trinajstić information content (AvgIpc) is 2.49. The molecule has 1 saturated heterocycles. The van der Waals surface area contributed by atoms with E-state index in [2.05, 4.69) is 0 Å². The van der Waals surface area contributed by atoms with Crippen molar-refractivity contribution in [2.75, 3.05) is 6.61 Å². The van der Waals surface area contributed by atoms with Gasteiger partial charge in [-0.25, -0.2) is 0 Å². The molecule has 1 heterocycles. The van der Waals surface area contributed by atoms with Crippen molar-refractivity contribution in [3.8, 4) is 0 Å². The lowest BCUT2D eigenvalue weighted by Gasteiger charge is -2.44. The summed E-state index contributed by atoms with van der Waals surface area (Å²) >= 11 is 0. The van der Waals surface area contributed by atoms with Crippen LogP contribution >= 0.6 is 0 Å². The van der Waals surface area contributed by atoms with Crippen molar-refractivity contribution in [2.45, 2.75) is 64.5 Å². The summed E-state index contributed by atoms with van der Waals surface area (Å²) in [5.74, 6) is -3.20. The van der Waals surface area contributed by atoms with Crippen LogP contribution < -0.4 is 0 Å². The molecule has 0 bridgehead atoms. The first-order chi connectivity index (χ1) is 12.1. The van der Waals surface area contributed by atoms with Crippen molar-refractivity contribution in [2.24, 2.45) is 0 Å². The van der Waals surface area contributed by atoms with Gasteiger partial charge in [0.15, 0.2) is 30.7 Å². The van der Waals surface area contributed by atoms with Gasteiger partial charge in [0.2, 0.25) is 0 Å². The Morgan fingerprint density at radius 1 is 0.846 bits per heavy atom. The molecule has 0 amide bonds. The minimum Gasteiger partial charge on any atom is -0.457 e. The van der Waals surface area contributed by atoms with Gasteiger partial charge in [0, 0.05) is 27.7 Å². The highest BCUT2D eigenvalue weighted by Crippen LogP contribution is 2.30. The first-order valence-corrected chi connectivity index (χ1v) is 7.70. The molecule has 6 atom stereocenters. The number of carbonyl (C=O) groups excluding carboxylic acids is 4. The van der Waals surface area contributed by atoms with Crippen LogP contribution in [0, 0.1) is 0 Å². The van der Waals surface area contributed by atoms with Gasteiger partial charge in [-0.2, -0.15) is 0 Å². The Morgan fingerprint density at radius 2 is 1.31 bits per heavy atom. The SMILES string of the molecule is CC(=O)O[C@H]1[C@H](OC(C)=O)[C@@H]([C@H](CO)OC(C)=O)O[C@@H](O)[C@@H]1OC(C)=O. The van der Waals surface area contributed by atoms with Crippen LogP contribution in [0.5, 0.6) is 0 Å². The van der Waals surface area contributed by atoms with Crippen LogP contribution in [0.25, 0.3) is 0 Å². The number of esters is 4. The largest absolute Gasteiger partial charge is 0.457 e. The molecule has 0 spiro atoms. The number of ether oxygens (including phenoxy) is 5. The number of rotatable bonds is 6. The molecule has 0 saturated carbocycles. The molecule has 11 heteroatoms. The van der Waals surface area contributed by atoms with Gasteiger partial charge >= 0.3 is 23.9 Å². The van der Waals surface area contributed by atoms with E-state index in [1.165, 1.54) is 0 Å². The van der Waals surface area contributed by atoms with E-state index in [0.717, 1.165) is 27.7 Å². The van der Waals surface area contributed by atoms with Crippen LogP contribution in [0.2, 0.25) is 0 Å². The Bertz CT molecular complexity index is 546. The summed E-state index contributed by atoms with van der Waals surface area (Å²) in [4.78, 5) is 45.4. The zero-order valence-corrected chi connectivity index (χ0v) is 14.7. The standard InChI is InChI=1S/C15H22O11/c1-6(17)22-10(5-16)11-12(23-7(2)18)13(24-8(3)19)14(15(21)26-11)25-9(4)20/h10-16,21H,5H2,1-4H3/t10-,11+,12+,13-,14+,15+/m0/s1. The van der Waals surface area contributed by atoms with Gasteiger partial charge in [-0.3, -0.25) is 19.2 Å². The maximum atomic E-state index is 11.5. The molecule has 26 heavy (non-hydrogen) atoms. The molecule has 0 aromatic carbocycles. The van der Waals surface area contributed by atoms with E-state index < -0.39 is 67.3 Å². The summed E-state index contributed by atoms with van der Waals surface area (Å²) in [5, 5.41) is 19.6. The molecule has 2 N–H and O–H groups in total. The fraction of sp³-hybridized carbons (Fsp3) is 0.733. The summed E-state index contributed by atoms with van der Waals surface area (Å²) < 4.78 is 25.2. The van der Waals surface area contributed by atoms with Crippen LogP contribution in [0.1, 0.15) is 27.7 Å². The maximum Gasteiger partial charge on any atom is 0.303 e. The van der Waals surface area contributed by atoms with E-state index in [0.29, 0.717) is 0 Å². The lowest BCUT2D eigenvalue weighted by atomic mass is 9.94. The van der Waals surface area contributed by atoms with Crippen LogP contribution in [-0.2, 0) is 42.9 Å². The third kappa shape index (κ3) is 5.93. The maximum absolute atomic E-state index is 11.5. The van der Waals surface area contributed by atoms with Gasteiger partial charge in [0.1, 0.15) is 6.10 Å². The lowest BCUT2D eigenvalue weighted by Crippen LogP contribution is -2.64. The van der Waals surface area contributed by atoms with Crippen molar-refractivity contribution < 1.29 is 53.1 Å². The van der Waals surface area contributed by atoms with E-state index >= 15 is 0 Å². The van der Waals surface area contributed by atoms with Gasteiger partial charge in [0.05, 0.1) is 6.61 Å². The number of carbonyl (C=O) groups is 4. The second-order valence-electron chi connectivity index (χ2n) is 5.54. The van der Waals surface area contributed by atoms with Crippen molar-refractivity contribution >= 4 is 23.9 Å². The van der Waals surface area contributed by atoms with E-state index in [-0.39, 0.29) is 0 Å². The van der Waals surface area contributed by atoms with Gasteiger partial charge in [-0.1, -0.05) is 0 Å². The molecular weight excluding hydrogens is 356 g/mol. The van der Waals surface area contributed by atoms with Crippen molar-refractivity contribution in [1.29, 1.82) is 0 Å². The van der Waals surface area contributed by atoms with Crippen LogP contribution in [0.4, 0.5) is 0 Å². The van der Waals surface area contributed by atoms with Crippen LogP contribution in [0.3, 0.4) is 0 Å². The van der Waals surface area contributed by atoms with E-state index in [1.807, 2.05) is 0 Å². The third-order valence-corrected chi connectivity index (χ3v) is 3.32. The van der Waals surface area contributed by atoms with Gasteiger partial charge in [0.25, 0.3) is 0 Å². The monoisotopic (exact) mass is 378 g/mol. The summed E-state index contributed by atoms with van der Waals surface area (Å²) in [7, 11) is 0. The predicted molar refractivity (Wildman–Crippen MR) is 80.2 cm³/mol. The molecule has 11 nitrogen and oxygen atoms in total. The molecule has 148 valence electrons. The highest BCUT2D eigenvalue weighted by atomic mass is 16.7. The van der Waals surface area contributed by atoms with E-state index in [1.54, 1.807) is 0 Å². The number of aliphatic hydroxyl groups is 2. The molecule has 1 fully saturated rings. The fourth-order valence-electron chi connectivity index (χ4n) is 2.54. The van der Waals surface area contributed by atoms with Crippen molar-refractivity contribution in [3.63, 3.8) is 0 Å². The number of aliphatic hydroxyl groups excluding tert-OH is 2. The smallest absolute Gasteiger partial charge is 0.303 e. The number of hydrogen-bond donors (Lipinski definition) is 2. The number of hydrogen-bond acceptors (Lipinski definition) is 11. The third-order valence-electron chi connectivity index (χ3n) is 3.32. The second-order valence-corrected chi connectivity index (χ2v) is 5.54. The molecule has 0 aromatic rings. The Hall–Kier alpha value is -2.24. The molecule has 0 unspecified atom stereocenters. The zero-order valence-electron chi connectivity index (χ0n) is 14.7. The minimum atomic E-state index is -1.80. The Morgan fingerprint density at radius 3 is 1.73 bits per heavy atom. The van der Waals surface area contributed by atoms with Crippen LogP contribution in [0.15, 0.2) is 0 Å². The molecule has 0 radical (unpaired) electrons. The fourth-order valence-corrected chi connectivity index (χ4v) is 2.54. The van der Waals surface area contributed by atoms with E-state index in [4.69, 9.17) is 23.7 Å². The Labute approximate surface area is 149 Å². The van der Waals surface area contributed by atoms with Crippen molar-refractivity contribution in [3.05, 3.63) is 0 Å². The molecule has 0 aliphatic carbocycles. The molecular formula is C15H22O11. The first kappa shape index (κ1) is 21.8. The first-order valence-electron chi connectivity index (χ1n) is 7.70. The van der Waals surface area contributed by atoms with Gasteiger partial charge in [-0.05, 0) is 0 Å². The topological polar surface area (TPSA) is 155 Å². The zero-order chi connectivity index (χ0) is 20.0. The normalized spacial score (nSPS) is 29.2. The lowest BCUT2D eigenvalue weighted by molar-refractivity contribution is -0.306. The molecule has 1 aliphatic rings. The quantitative estimate of drug-likeness (QED) is 0.406. The Balaban J connectivity index is 3.28. The summed E-state index contributed by atoms with van der Waals surface area (Å²) in [5.41, 5.74) is 0. The highest BCUT2D eigenvalue weighted by Gasteiger charge is 2.54. The van der Waals surface area contributed by atoms with Gasteiger partial charge < -0.3 is 33.9 Å².